The molecule has 2 saturated heterocycles. The van der Waals surface area contributed by atoms with E-state index in [2.05, 4.69) is 5.32 Å². The molecule has 0 saturated carbocycles. The summed E-state index contributed by atoms with van der Waals surface area (Å²) in [6, 6.07) is -3.81. The predicted octanol–water partition coefficient (Wildman–Crippen LogP) is -2.93. The van der Waals surface area contributed by atoms with Gasteiger partial charge in [0.1, 0.15) is 24.2 Å². The maximum absolute atomic E-state index is 13.2. The molecule has 0 aromatic rings. The summed E-state index contributed by atoms with van der Waals surface area (Å²) < 4.78 is 0. The smallest absolute Gasteiger partial charge is 0.246 e. The van der Waals surface area contributed by atoms with Crippen molar-refractivity contribution in [2.75, 3.05) is 19.6 Å². The zero-order valence-electron chi connectivity index (χ0n) is 17.5. The van der Waals surface area contributed by atoms with Crippen molar-refractivity contribution in [3.8, 4) is 0 Å². The molecule has 3 amide bonds. The van der Waals surface area contributed by atoms with Crippen LogP contribution in [0.25, 0.3) is 0 Å². The van der Waals surface area contributed by atoms with E-state index in [1.54, 1.807) is 0 Å². The highest BCUT2D eigenvalue weighted by molar-refractivity contribution is 5.96. The fourth-order valence-electron chi connectivity index (χ4n) is 4.03. The van der Waals surface area contributed by atoms with Gasteiger partial charge in [0.15, 0.2) is 5.78 Å². The van der Waals surface area contributed by atoms with Gasteiger partial charge in [-0.25, -0.2) is 0 Å². The van der Waals surface area contributed by atoms with Crippen molar-refractivity contribution in [1.82, 2.24) is 15.1 Å². The Morgan fingerprint density at radius 2 is 1.57 bits per heavy atom. The first-order valence-corrected chi connectivity index (χ1v) is 10.4. The van der Waals surface area contributed by atoms with Gasteiger partial charge in [-0.15, -0.1) is 0 Å². The number of carbonyl (C=O) groups excluding carboxylic acids is 4. The summed E-state index contributed by atoms with van der Waals surface area (Å²) in [6.07, 6.45) is -0.0910. The molecule has 0 aromatic heterocycles. The number of aliphatic hydroxyl groups excluding tert-OH is 2. The molecule has 0 aromatic carbocycles. The first-order valence-electron chi connectivity index (χ1n) is 10.4. The minimum Gasteiger partial charge on any atom is -0.391 e. The fraction of sp³-hybridized carbons (Fsp3) is 0.789. The highest BCUT2D eigenvalue weighted by atomic mass is 16.3. The van der Waals surface area contributed by atoms with Crippen LogP contribution in [0.2, 0.25) is 0 Å². The lowest BCUT2D eigenvalue weighted by atomic mass is 10.1. The third-order valence-electron chi connectivity index (χ3n) is 5.79. The van der Waals surface area contributed by atoms with Crippen LogP contribution in [0.3, 0.4) is 0 Å². The van der Waals surface area contributed by atoms with Gasteiger partial charge in [0.05, 0.1) is 18.8 Å². The summed E-state index contributed by atoms with van der Waals surface area (Å²) in [4.78, 5) is 53.3. The maximum atomic E-state index is 13.2. The summed E-state index contributed by atoms with van der Waals surface area (Å²) in [5.74, 6) is -1.89. The number of Topliss-reactive ketones (excluding diaryl/α,β-unsaturated/α-hetero) is 1. The van der Waals surface area contributed by atoms with Gasteiger partial charge in [-0.3, -0.25) is 19.2 Å². The topological polar surface area (TPSA) is 179 Å². The minimum atomic E-state index is -1.14. The van der Waals surface area contributed by atoms with Crippen LogP contribution in [0.4, 0.5) is 0 Å². The number of ketones is 1. The summed E-state index contributed by atoms with van der Waals surface area (Å²) in [7, 11) is 0. The average Bonchev–Trinajstić information content (AvgIpc) is 3.38. The van der Waals surface area contributed by atoms with Gasteiger partial charge in [0, 0.05) is 13.1 Å². The van der Waals surface area contributed by atoms with Crippen molar-refractivity contribution in [2.45, 2.75) is 75.9 Å². The number of carbonyl (C=O) groups is 4. The van der Waals surface area contributed by atoms with Gasteiger partial charge in [-0.1, -0.05) is 0 Å². The number of nitrogens with zero attached hydrogens (tertiary/aromatic N) is 2. The van der Waals surface area contributed by atoms with E-state index in [1.807, 2.05) is 0 Å². The summed E-state index contributed by atoms with van der Waals surface area (Å²) in [5.41, 5.74) is 11.1. The van der Waals surface area contributed by atoms with Gasteiger partial charge in [0.25, 0.3) is 0 Å². The Balaban J connectivity index is 2.12. The lowest BCUT2D eigenvalue weighted by molar-refractivity contribution is -0.148. The van der Waals surface area contributed by atoms with Crippen LogP contribution in [-0.4, -0.2) is 99.5 Å². The van der Waals surface area contributed by atoms with E-state index in [0.717, 1.165) is 0 Å². The maximum Gasteiger partial charge on any atom is 0.246 e. The van der Waals surface area contributed by atoms with Crippen LogP contribution in [0, 0.1) is 0 Å². The molecule has 2 rings (SSSR count). The molecule has 7 N–H and O–H groups in total. The molecule has 0 bridgehead atoms. The number of likely N-dealkylation sites (tertiary alicyclic amines) is 2. The van der Waals surface area contributed by atoms with Crippen LogP contribution in [0.5, 0.6) is 0 Å². The Morgan fingerprint density at radius 3 is 2.10 bits per heavy atom. The van der Waals surface area contributed by atoms with E-state index < -0.39 is 54.0 Å². The second kappa shape index (κ2) is 10.3. The lowest BCUT2D eigenvalue weighted by Gasteiger charge is -2.33. The Morgan fingerprint density at radius 1 is 1.00 bits per heavy atom. The number of hydrogen-bond acceptors (Lipinski definition) is 8. The zero-order valence-corrected chi connectivity index (χ0v) is 17.5. The predicted molar refractivity (Wildman–Crippen MR) is 107 cm³/mol. The number of nitrogens with one attached hydrogen (secondary N) is 1. The molecule has 0 aliphatic carbocycles. The van der Waals surface area contributed by atoms with Crippen molar-refractivity contribution >= 4 is 23.5 Å². The highest BCUT2D eigenvalue weighted by Gasteiger charge is 2.43. The molecule has 3 unspecified atom stereocenters. The van der Waals surface area contributed by atoms with Crippen molar-refractivity contribution in [2.24, 2.45) is 11.5 Å². The quantitative estimate of drug-likeness (QED) is 0.273. The van der Waals surface area contributed by atoms with E-state index in [9.17, 15) is 29.4 Å². The Labute approximate surface area is 175 Å². The van der Waals surface area contributed by atoms with Gasteiger partial charge in [0.2, 0.25) is 17.7 Å². The van der Waals surface area contributed by atoms with Crippen LogP contribution in [0.1, 0.15) is 39.5 Å². The number of hydrogen-bond donors (Lipinski definition) is 5. The minimum absolute atomic E-state index is 0.328. The standard InChI is InChI=1S/C19H33N5O6/c1-10(25)15(21)19(30)24-8-4-6-13(24)18(29)23-7-3-5-12(23)17(28)22-16(11(2)26)14(27)9-20/h10-13,15-16,25-26H,3-9,20-21H2,1-2H3,(H,22,28)/t10-,11-,12?,13?,15?,16+/m1/s1. The third-order valence-corrected chi connectivity index (χ3v) is 5.79. The molecule has 30 heavy (non-hydrogen) atoms. The average molecular weight is 428 g/mol. The van der Waals surface area contributed by atoms with Crippen molar-refractivity contribution in [3.63, 3.8) is 0 Å². The summed E-state index contributed by atoms with van der Waals surface area (Å²) >= 11 is 0. The van der Waals surface area contributed by atoms with Crippen molar-refractivity contribution < 1.29 is 29.4 Å². The molecule has 11 heteroatoms. The van der Waals surface area contributed by atoms with Gasteiger partial charge < -0.3 is 36.8 Å². The second-order valence-corrected chi connectivity index (χ2v) is 8.04. The third kappa shape index (κ3) is 5.15. The first kappa shape index (κ1) is 24.2. The first-order chi connectivity index (χ1) is 14.1. The molecule has 2 aliphatic rings. The van der Waals surface area contributed by atoms with Crippen LogP contribution < -0.4 is 16.8 Å². The van der Waals surface area contributed by atoms with Crippen molar-refractivity contribution in [1.29, 1.82) is 0 Å². The second-order valence-electron chi connectivity index (χ2n) is 8.04. The monoisotopic (exact) mass is 427 g/mol. The number of rotatable bonds is 8. The molecule has 2 heterocycles. The molecule has 0 radical (unpaired) electrons. The lowest BCUT2D eigenvalue weighted by Crippen LogP contribution is -2.58. The Bertz CT molecular complexity index is 670. The normalized spacial score (nSPS) is 25.5. The molecular weight excluding hydrogens is 394 g/mol. The van der Waals surface area contributed by atoms with Crippen LogP contribution >= 0.6 is 0 Å². The summed E-state index contributed by atoms with van der Waals surface area (Å²) in [5, 5.41) is 21.9. The van der Waals surface area contributed by atoms with E-state index in [1.165, 1.54) is 23.6 Å². The van der Waals surface area contributed by atoms with E-state index >= 15 is 0 Å². The van der Waals surface area contributed by atoms with Gasteiger partial charge in [-0.05, 0) is 39.5 Å². The Hall–Kier alpha value is -2.08. The van der Waals surface area contributed by atoms with E-state index in [-0.39, 0.29) is 12.5 Å². The zero-order chi connectivity index (χ0) is 22.6. The fourth-order valence-corrected chi connectivity index (χ4v) is 4.03. The molecule has 11 nitrogen and oxygen atoms in total. The molecule has 2 aliphatic heterocycles. The Kier molecular flexibility index (Phi) is 8.30. The number of aliphatic hydroxyl groups is 2. The van der Waals surface area contributed by atoms with Gasteiger partial charge in [-0.2, -0.15) is 0 Å². The largest absolute Gasteiger partial charge is 0.391 e. The van der Waals surface area contributed by atoms with Crippen LogP contribution in [0.15, 0.2) is 0 Å². The molecule has 0 spiro atoms. The number of amides is 3. The number of nitrogens with two attached hydrogens (primary N) is 2. The SMILES string of the molecule is C[C@@H](O)C(N)C(=O)N1CCCC1C(=O)N1CCCC1C(=O)N[C@H](C(=O)CN)[C@@H](C)O. The molecule has 2 fully saturated rings. The molecule has 170 valence electrons. The molecular formula is C19H33N5O6. The van der Waals surface area contributed by atoms with E-state index in [4.69, 9.17) is 11.5 Å². The molecule has 6 atom stereocenters. The van der Waals surface area contributed by atoms with Gasteiger partial charge >= 0.3 is 0 Å². The highest BCUT2D eigenvalue weighted by Crippen LogP contribution is 2.25. The van der Waals surface area contributed by atoms with Crippen LogP contribution in [-0.2, 0) is 19.2 Å². The van der Waals surface area contributed by atoms with Crippen molar-refractivity contribution in [3.05, 3.63) is 0 Å². The van der Waals surface area contributed by atoms with E-state index in [0.29, 0.717) is 38.8 Å². The summed E-state index contributed by atoms with van der Waals surface area (Å²) in [6.45, 7) is 3.17.